The number of hydrogen-bond donors (Lipinski definition) is 1. The van der Waals surface area contributed by atoms with Gasteiger partial charge >= 0.3 is 5.97 Å². The van der Waals surface area contributed by atoms with Crippen molar-refractivity contribution in [1.29, 1.82) is 0 Å². The summed E-state index contributed by atoms with van der Waals surface area (Å²) in [6, 6.07) is 7.04. The van der Waals surface area contributed by atoms with Gasteiger partial charge in [0.05, 0.1) is 18.4 Å². The van der Waals surface area contributed by atoms with Crippen molar-refractivity contribution in [3.05, 3.63) is 51.1 Å². The molecule has 0 saturated carbocycles. The summed E-state index contributed by atoms with van der Waals surface area (Å²) >= 11 is 8.46. The largest absolute Gasteiger partial charge is 0.486 e. The van der Waals surface area contributed by atoms with E-state index in [-0.39, 0.29) is 18.3 Å². The topological polar surface area (TPSA) is 95.3 Å². The summed E-state index contributed by atoms with van der Waals surface area (Å²) < 4.78 is 12.3. The molecule has 0 saturated heterocycles. The Morgan fingerprint density at radius 3 is 2.61 bits per heavy atom. The molecule has 2 heterocycles. The highest BCUT2D eigenvalue weighted by Gasteiger charge is 2.22. The molecule has 31 heavy (non-hydrogen) atoms. The zero-order valence-corrected chi connectivity index (χ0v) is 19.8. The van der Waals surface area contributed by atoms with E-state index >= 15 is 0 Å². The lowest BCUT2D eigenvalue weighted by atomic mass is 10.1. The molecule has 0 spiro atoms. The standard InChI is InChI=1S/C20H21ClN4O4S2/c1-11-12(2)31-18(17(11)19(27)28-4)22-16(26)10-30-20-24-23-15(25(20)3)9-29-14-7-5-13(21)6-8-14/h5-8H,9-10H2,1-4H3,(H,22,26). The SMILES string of the molecule is COC(=O)c1c(NC(=O)CSc2nnc(COc3ccc(Cl)cc3)n2C)sc(C)c1C. The van der Waals surface area contributed by atoms with Gasteiger partial charge in [0.2, 0.25) is 5.91 Å². The number of aromatic nitrogens is 3. The summed E-state index contributed by atoms with van der Waals surface area (Å²) in [6.45, 7) is 3.95. The number of thioether (sulfide) groups is 1. The molecule has 3 rings (SSSR count). The van der Waals surface area contributed by atoms with Gasteiger partial charge in [-0.15, -0.1) is 21.5 Å². The summed E-state index contributed by atoms with van der Waals surface area (Å²) in [5.74, 6) is 0.682. The summed E-state index contributed by atoms with van der Waals surface area (Å²) in [5.41, 5.74) is 1.20. The number of hydrogen-bond acceptors (Lipinski definition) is 8. The number of amides is 1. The van der Waals surface area contributed by atoms with E-state index in [0.29, 0.717) is 32.3 Å². The maximum absolute atomic E-state index is 12.5. The summed E-state index contributed by atoms with van der Waals surface area (Å²) in [5, 5.41) is 12.7. The second kappa shape index (κ2) is 10.2. The van der Waals surface area contributed by atoms with E-state index in [1.165, 1.54) is 30.2 Å². The zero-order valence-electron chi connectivity index (χ0n) is 17.4. The van der Waals surface area contributed by atoms with Gasteiger partial charge in [-0.3, -0.25) is 4.79 Å². The predicted molar refractivity (Wildman–Crippen MR) is 121 cm³/mol. The third-order valence-electron chi connectivity index (χ3n) is 4.47. The molecule has 0 aliphatic carbocycles. The molecule has 0 atom stereocenters. The molecule has 0 aliphatic rings. The van der Waals surface area contributed by atoms with Crippen molar-refractivity contribution in [3.63, 3.8) is 0 Å². The molecule has 0 radical (unpaired) electrons. The van der Waals surface area contributed by atoms with Crippen molar-refractivity contribution in [2.75, 3.05) is 18.2 Å². The normalized spacial score (nSPS) is 10.7. The average molecular weight is 481 g/mol. The van der Waals surface area contributed by atoms with Crippen LogP contribution in [0.25, 0.3) is 0 Å². The van der Waals surface area contributed by atoms with E-state index in [1.54, 1.807) is 28.8 Å². The fourth-order valence-corrected chi connectivity index (χ4v) is 4.55. The maximum Gasteiger partial charge on any atom is 0.341 e. The van der Waals surface area contributed by atoms with Crippen LogP contribution < -0.4 is 10.1 Å². The number of esters is 1. The lowest BCUT2D eigenvalue weighted by Crippen LogP contribution is -2.16. The van der Waals surface area contributed by atoms with Crippen LogP contribution in [-0.2, 0) is 23.2 Å². The first kappa shape index (κ1) is 23.1. The van der Waals surface area contributed by atoms with Crippen molar-refractivity contribution < 1.29 is 19.1 Å². The number of carbonyl (C=O) groups excluding carboxylic acids is 2. The van der Waals surface area contributed by atoms with Crippen molar-refractivity contribution >= 4 is 51.6 Å². The van der Waals surface area contributed by atoms with Gasteiger partial charge in [0.1, 0.15) is 17.4 Å². The van der Waals surface area contributed by atoms with E-state index in [0.717, 1.165) is 10.4 Å². The van der Waals surface area contributed by atoms with Crippen LogP contribution in [0.15, 0.2) is 29.4 Å². The van der Waals surface area contributed by atoms with Crippen LogP contribution in [-0.4, -0.2) is 39.5 Å². The van der Waals surface area contributed by atoms with Crippen LogP contribution in [0.3, 0.4) is 0 Å². The monoisotopic (exact) mass is 480 g/mol. The molecular weight excluding hydrogens is 460 g/mol. The van der Waals surface area contributed by atoms with Gasteiger partial charge in [0.15, 0.2) is 11.0 Å². The van der Waals surface area contributed by atoms with Crippen molar-refractivity contribution in [3.8, 4) is 5.75 Å². The van der Waals surface area contributed by atoms with Crippen LogP contribution in [0.5, 0.6) is 5.75 Å². The Bertz CT molecular complexity index is 1100. The minimum absolute atomic E-state index is 0.112. The Balaban J connectivity index is 1.58. The van der Waals surface area contributed by atoms with Gasteiger partial charge in [-0.25, -0.2) is 4.79 Å². The van der Waals surface area contributed by atoms with Gasteiger partial charge < -0.3 is 19.4 Å². The van der Waals surface area contributed by atoms with Crippen molar-refractivity contribution in [1.82, 2.24) is 14.8 Å². The number of anilines is 1. The minimum Gasteiger partial charge on any atom is -0.486 e. The van der Waals surface area contributed by atoms with Gasteiger partial charge in [-0.05, 0) is 43.7 Å². The number of nitrogens with one attached hydrogen (secondary N) is 1. The summed E-state index contributed by atoms with van der Waals surface area (Å²) in [7, 11) is 3.13. The average Bonchev–Trinajstić information content (AvgIpc) is 3.24. The second-order valence-corrected chi connectivity index (χ2v) is 9.12. The van der Waals surface area contributed by atoms with Crippen LogP contribution in [0, 0.1) is 13.8 Å². The number of carbonyl (C=O) groups is 2. The van der Waals surface area contributed by atoms with E-state index in [9.17, 15) is 9.59 Å². The molecule has 3 aromatic rings. The molecule has 0 unspecified atom stereocenters. The predicted octanol–water partition coefficient (Wildman–Crippen LogP) is 4.24. The van der Waals surface area contributed by atoms with Gasteiger partial charge in [-0.2, -0.15) is 0 Å². The second-order valence-electron chi connectivity index (χ2n) is 6.52. The highest BCUT2D eigenvalue weighted by atomic mass is 35.5. The lowest BCUT2D eigenvalue weighted by molar-refractivity contribution is -0.113. The first-order valence-electron chi connectivity index (χ1n) is 9.17. The Hall–Kier alpha value is -2.56. The van der Waals surface area contributed by atoms with Crippen molar-refractivity contribution in [2.24, 2.45) is 7.05 Å². The number of rotatable bonds is 8. The molecule has 0 fully saturated rings. The number of ether oxygens (including phenoxy) is 2. The molecule has 1 N–H and O–H groups in total. The van der Waals surface area contributed by atoms with E-state index < -0.39 is 5.97 Å². The van der Waals surface area contributed by atoms with E-state index in [1.807, 2.05) is 20.9 Å². The zero-order chi connectivity index (χ0) is 22.5. The summed E-state index contributed by atoms with van der Waals surface area (Å²) in [6.07, 6.45) is 0. The smallest absolute Gasteiger partial charge is 0.341 e. The third kappa shape index (κ3) is 5.57. The quantitative estimate of drug-likeness (QED) is 0.380. The van der Waals surface area contributed by atoms with Crippen molar-refractivity contribution in [2.45, 2.75) is 25.6 Å². The third-order valence-corrected chi connectivity index (χ3v) is 6.86. The molecule has 0 aliphatic heterocycles. The minimum atomic E-state index is -0.469. The lowest BCUT2D eigenvalue weighted by Gasteiger charge is -2.07. The fourth-order valence-electron chi connectivity index (χ4n) is 2.63. The van der Waals surface area contributed by atoms with Crippen LogP contribution in [0.2, 0.25) is 5.02 Å². The molecular formula is C20H21ClN4O4S2. The molecule has 1 amide bonds. The molecule has 0 bridgehead atoms. The van der Waals surface area contributed by atoms with Gasteiger partial charge in [0, 0.05) is 16.9 Å². The Kier molecular flexibility index (Phi) is 7.58. The summed E-state index contributed by atoms with van der Waals surface area (Å²) in [4.78, 5) is 25.4. The van der Waals surface area contributed by atoms with E-state index in [4.69, 9.17) is 21.1 Å². The highest BCUT2D eigenvalue weighted by Crippen LogP contribution is 2.33. The number of aryl methyl sites for hydroxylation is 1. The van der Waals surface area contributed by atoms with E-state index in [2.05, 4.69) is 15.5 Å². The Labute approximate surface area is 192 Å². The fraction of sp³-hybridized carbons (Fsp3) is 0.300. The Morgan fingerprint density at radius 2 is 1.94 bits per heavy atom. The van der Waals surface area contributed by atoms with Crippen LogP contribution >= 0.6 is 34.7 Å². The molecule has 8 nitrogen and oxygen atoms in total. The molecule has 164 valence electrons. The molecule has 2 aromatic heterocycles. The Morgan fingerprint density at radius 1 is 1.23 bits per heavy atom. The van der Waals surface area contributed by atoms with Crippen LogP contribution in [0.4, 0.5) is 5.00 Å². The van der Waals surface area contributed by atoms with Gasteiger partial charge in [0.25, 0.3) is 0 Å². The first-order chi connectivity index (χ1) is 14.8. The molecule has 1 aromatic carbocycles. The molecule has 11 heteroatoms. The number of halogens is 1. The number of methoxy groups -OCH3 is 1. The number of thiophene rings is 1. The highest BCUT2D eigenvalue weighted by molar-refractivity contribution is 7.99. The first-order valence-corrected chi connectivity index (χ1v) is 11.4. The van der Waals surface area contributed by atoms with Gasteiger partial charge in [-0.1, -0.05) is 23.4 Å². The number of benzene rings is 1. The van der Waals surface area contributed by atoms with Crippen LogP contribution in [0.1, 0.15) is 26.6 Å². The maximum atomic E-state index is 12.5. The number of nitrogens with zero attached hydrogens (tertiary/aromatic N) is 3.